The first-order chi connectivity index (χ1) is 17.0. The molecule has 0 amide bonds. The third-order valence-electron chi connectivity index (χ3n) is 6.21. The van der Waals surface area contributed by atoms with Crippen molar-refractivity contribution in [3.63, 3.8) is 0 Å². The molecular formula is C26H36N6O3. The summed E-state index contributed by atoms with van der Waals surface area (Å²) in [5, 5.41) is 17.1. The SMILES string of the molecule is CCCN1CCN(c2cc(-c3c(C)noc3C)nc(-c3cccc(OCC(O)CNC)c3)n2)CC1. The average molecular weight is 481 g/mol. The van der Waals surface area contributed by atoms with E-state index >= 15 is 0 Å². The molecule has 3 heterocycles. The van der Waals surface area contributed by atoms with Crippen molar-refractivity contribution in [1.29, 1.82) is 0 Å². The van der Waals surface area contributed by atoms with Crippen LogP contribution in [0.25, 0.3) is 22.6 Å². The molecule has 2 aromatic heterocycles. The van der Waals surface area contributed by atoms with Crippen LogP contribution in [0.1, 0.15) is 24.8 Å². The zero-order valence-corrected chi connectivity index (χ0v) is 21.1. The molecule has 2 N–H and O–H groups in total. The fourth-order valence-corrected chi connectivity index (χ4v) is 4.43. The van der Waals surface area contributed by atoms with Gasteiger partial charge in [-0.25, -0.2) is 9.97 Å². The molecule has 0 bridgehead atoms. The molecule has 1 aliphatic rings. The van der Waals surface area contributed by atoms with Crippen molar-refractivity contribution >= 4 is 5.82 Å². The average Bonchev–Trinajstić information content (AvgIpc) is 3.21. The van der Waals surface area contributed by atoms with Gasteiger partial charge < -0.3 is 24.6 Å². The summed E-state index contributed by atoms with van der Waals surface area (Å²) < 4.78 is 11.3. The van der Waals surface area contributed by atoms with Gasteiger partial charge in [0.05, 0.1) is 17.0 Å². The maximum atomic E-state index is 9.99. The number of aryl methyl sites for hydroxylation is 2. The second-order valence-electron chi connectivity index (χ2n) is 9.01. The second-order valence-corrected chi connectivity index (χ2v) is 9.01. The van der Waals surface area contributed by atoms with E-state index in [2.05, 4.69) is 27.2 Å². The van der Waals surface area contributed by atoms with Crippen LogP contribution in [0.5, 0.6) is 5.75 Å². The third-order valence-corrected chi connectivity index (χ3v) is 6.21. The number of likely N-dealkylation sites (N-methyl/N-ethyl adjacent to an activating group) is 1. The Morgan fingerprint density at radius 2 is 1.94 bits per heavy atom. The monoisotopic (exact) mass is 480 g/mol. The van der Waals surface area contributed by atoms with Crippen LogP contribution in [0.3, 0.4) is 0 Å². The number of hydrogen-bond donors (Lipinski definition) is 2. The van der Waals surface area contributed by atoms with Crippen molar-refractivity contribution in [3.05, 3.63) is 41.8 Å². The minimum absolute atomic E-state index is 0.206. The van der Waals surface area contributed by atoms with Gasteiger partial charge in [0, 0.05) is 44.4 Å². The lowest BCUT2D eigenvalue weighted by atomic mass is 10.1. The lowest BCUT2D eigenvalue weighted by molar-refractivity contribution is 0.108. The van der Waals surface area contributed by atoms with E-state index in [-0.39, 0.29) is 6.61 Å². The molecule has 0 radical (unpaired) electrons. The Labute approximate surface area is 207 Å². The Balaban J connectivity index is 1.66. The fourth-order valence-electron chi connectivity index (χ4n) is 4.43. The normalized spacial score (nSPS) is 15.4. The topological polar surface area (TPSA) is 99.8 Å². The number of nitrogens with one attached hydrogen (secondary N) is 1. The summed E-state index contributed by atoms with van der Waals surface area (Å²) in [6.45, 7) is 11.7. The molecule has 0 spiro atoms. The van der Waals surface area contributed by atoms with Crippen LogP contribution in [-0.4, -0.2) is 84.2 Å². The van der Waals surface area contributed by atoms with E-state index in [9.17, 15) is 5.11 Å². The molecule has 1 saturated heterocycles. The number of piperazine rings is 1. The number of aromatic nitrogens is 3. The van der Waals surface area contributed by atoms with Gasteiger partial charge in [0.1, 0.15) is 30.0 Å². The molecule has 1 aliphatic heterocycles. The standard InChI is InChI=1S/C26H36N6O3/c1-5-9-31-10-12-32(13-11-31)24-15-23(25-18(2)30-35-19(25)3)28-26(29-24)20-7-6-8-22(14-20)34-17-21(33)16-27-4/h6-8,14-15,21,27,33H,5,9-13,16-17H2,1-4H3. The lowest BCUT2D eigenvalue weighted by Gasteiger charge is -2.35. The number of hydrogen-bond acceptors (Lipinski definition) is 9. The molecule has 4 rings (SSSR count). The van der Waals surface area contributed by atoms with Gasteiger partial charge in [0.25, 0.3) is 0 Å². The van der Waals surface area contributed by atoms with Crippen molar-refractivity contribution in [2.75, 3.05) is 57.8 Å². The Kier molecular flexibility index (Phi) is 8.33. The van der Waals surface area contributed by atoms with Gasteiger partial charge in [-0.1, -0.05) is 24.2 Å². The van der Waals surface area contributed by atoms with Crippen LogP contribution in [-0.2, 0) is 0 Å². The highest BCUT2D eigenvalue weighted by Gasteiger charge is 2.22. The third kappa shape index (κ3) is 6.17. The van der Waals surface area contributed by atoms with E-state index in [0.29, 0.717) is 18.1 Å². The van der Waals surface area contributed by atoms with Gasteiger partial charge in [-0.2, -0.15) is 0 Å². The summed E-state index contributed by atoms with van der Waals surface area (Å²) in [6.07, 6.45) is 0.582. The van der Waals surface area contributed by atoms with Gasteiger partial charge in [0.15, 0.2) is 5.82 Å². The molecule has 0 saturated carbocycles. The van der Waals surface area contributed by atoms with Crippen molar-refractivity contribution in [1.82, 2.24) is 25.3 Å². The van der Waals surface area contributed by atoms with E-state index in [4.69, 9.17) is 19.2 Å². The summed E-state index contributed by atoms with van der Waals surface area (Å²) in [4.78, 5) is 14.7. The molecule has 3 aromatic rings. The maximum absolute atomic E-state index is 9.99. The van der Waals surface area contributed by atoms with E-state index in [1.54, 1.807) is 7.05 Å². The minimum atomic E-state index is -0.583. The zero-order valence-electron chi connectivity index (χ0n) is 21.1. The summed E-state index contributed by atoms with van der Waals surface area (Å²) >= 11 is 0. The smallest absolute Gasteiger partial charge is 0.162 e. The molecule has 188 valence electrons. The Morgan fingerprint density at radius 1 is 1.14 bits per heavy atom. The summed E-state index contributed by atoms with van der Waals surface area (Å²) in [6, 6.07) is 9.74. The zero-order chi connectivity index (χ0) is 24.8. The van der Waals surface area contributed by atoms with Crippen molar-refractivity contribution in [3.8, 4) is 28.4 Å². The predicted octanol–water partition coefficient (Wildman–Crippen LogP) is 2.91. The van der Waals surface area contributed by atoms with E-state index in [1.165, 1.54) is 0 Å². The van der Waals surface area contributed by atoms with Gasteiger partial charge in [-0.3, -0.25) is 4.90 Å². The van der Waals surface area contributed by atoms with Crippen LogP contribution in [0, 0.1) is 13.8 Å². The Bertz CT molecular complexity index is 1090. The molecule has 9 heteroatoms. The van der Waals surface area contributed by atoms with Gasteiger partial charge >= 0.3 is 0 Å². The van der Waals surface area contributed by atoms with Crippen molar-refractivity contribution in [2.24, 2.45) is 0 Å². The lowest BCUT2D eigenvalue weighted by Crippen LogP contribution is -2.46. The molecule has 0 aliphatic carbocycles. The first kappa shape index (κ1) is 25.1. The fraction of sp³-hybridized carbons (Fsp3) is 0.500. The Hall–Kier alpha value is -3.01. The highest BCUT2D eigenvalue weighted by atomic mass is 16.5. The van der Waals surface area contributed by atoms with E-state index in [0.717, 1.165) is 73.2 Å². The highest BCUT2D eigenvalue weighted by molar-refractivity contribution is 5.71. The minimum Gasteiger partial charge on any atom is -0.491 e. The van der Waals surface area contributed by atoms with Crippen molar-refractivity contribution in [2.45, 2.75) is 33.3 Å². The number of aliphatic hydroxyl groups is 1. The number of nitrogens with zero attached hydrogens (tertiary/aromatic N) is 5. The molecule has 1 aromatic carbocycles. The quantitative estimate of drug-likeness (QED) is 0.454. The first-order valence-corrected chi connectivity index (χ1v) is 12.3. The molecule has 1 fully saturated rings. The van der Waals surface area contributed by atoms with E-state index < -0.39 is 6.10 Å². The maximum Gasteiger partial charge on any atom is 0.162 e. The van der Waals surface area contributed by atoms with Gasteiger partial charge in [0.2, 0.25) is 0 Å². The van der Waals surface area contributed by atoms with Crippen LogP contribution in [0.2, 0.25) is 0 Å². The second kappa shape index (κ2) is 11.6. The molecule has 9 nitrogen and oxygen atoms in total. The Morgan fingerprint density at radius 3 is 2.63 bits per heavy atom. The summed E-state index contributed by atoms with van der Waals surface area (Å²) in [7, 11) is 1.80. The molecule has 1 atom stereocenters. The van der Waals surface area contributed by atoms with Crippen LogP contribution < -0.4 is 15.0 Å². The highest BCUT2D eigenvalue weighted by Crippen LogP contribution is 2.31. The van der Waals surface area contributed by atoms with Crippen LogP contribution in [0.4, 0.5) is 5.82 Å². The molecule has 1 unspecified atom stereocenters. The molecular weight excluding hydrogens is 444 g/mol. The number of benzene rings is 1. The summed E-state index contributed by atoms with van der Waals surface area (Å²) in [5.41, 5.74) is 3.36. The number of anilines is 1. The predicted molar refractivity (Wildman–Crippen MR) is 137 cm³/mol. The number of ether oxygens (including phenoxy) is 1. The van der Waals surface area contributed by atoms with Crippen LogP contribution in [0.15, 0.2) is 34.9 Å². The summed E-state index contributed by atoms with van der Waals surface area (Å²) in [5.74, 6) is 2.92. The largest absolute Gasteiger partial charge is 0.491 e. The van der Waals surface area contributed by atoms with Gasteiger partial charge in [-0.15, -0.1) is 0 Å². The number of aliphatic hydroxyl groups excluding tert-OH is 1. The van der Waals surface area contributed by atoms with Crippen LogP contribution >= 0.6 is 0 Å². The first-order valence-electron chi connectivity index (χ1n) is 12.3. The molecule has 35 heavy (non-hydrogen) atoms. The number of rotatable bonds is 10. The van der Waals surface area contributed by atoms with Gasteiger partial charge in [-0.05, 0) is 46.0 Å². The van der Waals surface area contributed by atoms with E-state index in [1.807, 2.05) is 44.2 Å². The van der Waals surface area contributed by atoms with Crippen molar-refractivity contribution < 1.29 is 14.4 Å².